The predicted octanol–water partition coefficient (Wildman–Crippen LogP) is 0.595. The molecule has 0 amide bonds. The summed E-state index contributed by atoms with van der Waals surface area (Å²) in [6.07, 6.45) is 2.13. The number of fused-ring (bicyclic) bond motifs is 1. The summed E-state index contributed by atoms with van der Waals surface area (Å²) in [5, 5.41) is 0. The van der Waals surface area contributed by atoms with Gasteiger partial charge in [-0.05, 0) is 12.3 Å². The first-order valence-corrected chi connectivity index (χ1v) is 2.40. The molecule has 2 atom stereocenters. The van der Waals surface area contributed by atoms with E-state index in [2.05, 4.69) is 0 Å². The standard InChI is InChI=1S/C5H6O/c6-5-2-3-1-4(3)5/h3-4H,1-2H2. The van der Waals surface area contributed by atoms with Crippen molar-refractivity contribution in [3.05, 3.63) is 0 Å². The first-order chi connectivity index (χ1) is 2.88. The van der Waals surface area contributed by atoms with Crippen molar-refractivity contribution in [3.8, 4) is 0 Å². The van der Waals surface area contributed by atoms with E-state index in [0.29, 0.717) is 11.7 Å². The first kappa shape index (κ1) is 2.78. The zero-order valence-corrected chi connectivity index (χ0v) is 3.48. The van der Waals surface area contributed by atoms with Crippen LogP contribution < -0.4 is 0 Å². The normalized spacial score (nSPS) is 50.3. The Labute approximate surface area is 36.3 Å². The van der Waals surface area contributed by atoms with Crippen LogP contribution in [0.1, 0.15) is 12.8 Å². The Kier molecular flexibility index (Phi) is 0.256. The van der Waals surface area contributed by atoms with E-state index >= 15 is 0 Å². The molecule has 0 spiro atoms. The van der Waals surface area contributed by atoms with Crippen molar-refractivity contribution in [2.75, 3.05) is 0 Å². The van der Waals surface area contributed by atoms with Gasteiger partial charge in [-0.2, -0.15) is 0 Å². The smallest absolute Gasteiger partial charge is 0.136 e. The molecular formula is C5H6O. The fourth-order valence-corrected chi connectivity index (χ4v) is 1.12. The van der Waals surface area contributed by atoms with Crippen LogP contribution in [0.2, 0.25) is 0 Å². The number of hydrogen-bond acceptors (Lipinski definition) is 1. The third kappa shape index (κ3) is 0.140. The minimum Gasteiger partial charge on any atom is -0.299 e. The van der Waals surface area contributed by atoms with E-state index in [4.69, 9.17) is 0 Å². The summed E-state index contributed by atoms with van der Waals surface area (Å²) in [4.78, 5) is 10.3. The molecule has 0 heterocycles. The monoisotopic (exact) mass is 82.0 g/mol. The van der Waals surface area contributed by atoms with Gasteiger partial charge in [0.25, 0.3) is 0 Å². The van der Waals surface area contributed by atoms with Gasteiger partial charge in [0.1, 0.15) is 5.78 Å². The van der Waals surface area contributed by atoms with Crippen molar-refractivity contribution < 1.29 is 4.79 Å². The molecule has 2 aliphatic rings. The van der Waals surface area contributed by atoms with E-state index in [9.17, 15) is 4.79 Å². The van der Waals surface area contributed by atoms with Crippen molar-refractivity contribution >= 4 is 5.78 Å². The third-order valence-corrected chi connectivity index (χ3v) is 1.80. The molecule has 0 aromatic rings. The van der Waals surface area contributed by atoms with E-state index in [0.717, 1.165) is 12.3 Å². The van der Waals surface area contributed by atoms with Crippen molar-refractivity contribution in [2.24, 2.45) is 11.8 Å². The molecule has 2 fully saturated rings. The number of hydrogen-bond donors (Lipinski definition) is 0. The molecule has 6 heavy (non-hydrogen) atoms. The molecule has 2 unspecified atom stereocenters. The fraction of sp³-hybridized carbons (Fsp3) is 0.800. The fourth-order valence-electron chi connectivity index (χ4n) is 1.12. The topological polar surface area (TPSA) is 17.1 Å². The van der Waals surface area contributed by atoms with Crippen LogP contribution in [-0.4, -0.2) is 5.78 Å². The van der Waals surface area contributed by atoms with Crippen molar-refractivity contribution in [2.45, 2.75) is 12.8 Å². The van der Waals surface area contributed by atoms with Crippen molar-refractivity contribution in [3.63, 3.8) is 0 Å². The molecule has 2 rings (SSSR count). The molecule has 0 aromatic carbocycles. The third-order valence-electron chi connectivity index (χ3n) is 1.80. The van der Waals surface area contributed by atoms with E-state index in [-0.39, 0.29) is 0 Å². The first-order valence-electron chi connectivity index (χ1n) is 2.40. The maximum atomic E-state index is 10.3. The van der Waals surface area contributed by atoms with Gasteiger partial charge in [-0.3, -0.25) is 4.79 Å². The quantitative estimate of drug-likeness (QED) is 0.418. The SMILES string of the molecule is O=C1CC2CC12. The van der Waals surface area contributed by atoms with Crippen LogP contribution >= 0.6 is 0 Å². The van der Waals surface area contributed by atoms with Gasteiger partial charge < -0.3 is 0 Å². The lowest BCUT2D eigenvalue weighted by Crippen LogP contribution is -2.13. The second-order valence-electron chi connectivity index (χ2n) is 2.27. The summed E-state index contributed by atoms with van der Waals surface area (Å²) < 4.78 is 0. The second kappa shape index (κ2) is 0.552. The minimum absolute atomic E-state index is 0.514. The van der Waals surface area contributed by atoms with E-state index < -0.39 is 0 Å². The lowest BCUT2D eigenvalue weighted by atomic mass is 9.99. The average Bonchev–Trinajstić information content (AvgIpc) is 2.12. The van der Waals surface area contributed by atoms with E-state index in [1.165, 1.54) is 6.42 Å². The molecule has 0 radical (unpaired) electrons. The number of rotatable bonds is 0. The number of carbonyl (C=O) groups excluding carboxylic acids is 1. The second-order valence-corrected chi connectivity index (χ2v) is 2.27. The van der Waals surface area contributed by atoms with Crippen LogP contribution in [0.4, 0.5) is 0 Å². The largest absolute Gasteiger partial charge is 0.299 e. The molecule has 0 N–H and O–H groups in total. The summed E-state index contributed by atoms with van der Waals surface area (Å²) in [6.45, 7) is 0. The molecule has 0 aromatic heterocycles. The molecule has 32 valence electrons. The molecule has 2 saturated carbocycles. The molecule has 1 nitrogen and oxygen atoms in total. The van der Waals surface area contributed by atoms with Crippen LogP contribution in [-0.2, 0) is 4.79 Å². The summed E-state index contributed by atoms with van der Waals surface area (Å²) in [5.41, 5.74) is 0. The van der Waals surface area contributed by atoms with E-state index in [1.807, 2.05) is 0 Å². The Morgan fingerprint density at radius 3 is 2.50 bits per heavy atom. The summed E-state index contributed by atoms with van der Waals surface area (Å²) >= 11 is 0. The van der Waals surface area contributed by atoms with Gasteiger partial charge in [-0.15, -0.1) is 0 Å². The Morgan fingerprint density at radius 2 is 2.50 bits per heavy atom. The highest BCUT2D eigenvalue weighted by Gasteiger charge is 2.52. The van der Waals surface area contributed by atoms with Gasteiger partial charge in [-0.25, -0.2) is 0 Å². The summed E-state index contributed by atoms with van der Waals surface area (Å²) in [7, 11) is 0. The highest BCUT2D eigenvalue weighted by atomic mass is 16.1. The maximum absolute atomic E-state index is 10.3. The lowest BCUT2D eigenvalue weighted by Gasteiger charge is -2.04. The molecular weight excluding hydrogens is 76.1 g/mol. The van der Waals surface area contributed by atoms with Crippen molar-refractivity contribution in [1.29, 1.82) is 0 Å². The van der Waals surface area contributed by atoms with Crippen LogP contribution in [0.3, 0.4) is 0 Å². The number of carbonyl (C=O) groups is 1. The summed E-state index contributed by atoms with van der Waals surface area (Å²) in [5.74, 6) is 1.93. The molecule has 2 aliphatic carbocycles. The Balaban J connectivity index is 2.26. The van der Waals surface area contributed by atoms with Gasteiger partial charge in [-0.1, -0.05) is 0 Å². The zero-order valence-electron chi connectivity index (χ0n) is 3.48. The van der Waals surface area contributed by atoms with E-state index in [1.54, 1.807) is 0 Å². The molecule has 1 heteroatoms. The Hall–Kier alpha value is -0.330. The average molecular weight is 82.1 g/mol. The molecule has 0 saturated heterocycles. The van der Waals surface area contributed by atoms with Gasteiger partial charge in [0, 0.05) is 12.3 Å². The highest BCUT2D eigenvalue weighted by molar-refractivity contribution is 5.91. The predicted molar refractivity (Wildman–Crippen MR) is 21.2 cm³/mol. The van der Waals surface area contributed by atoms with Crippen LogP contribution in [0.5, 0.6) is 0 Å². The molecule has 0 bridgehead atoms. The zero-order chi connectivity index (χ0) is 4.15. The Morgan fingerprint density at radius 1 is 1.67 bits per heavy atom. The Bertz CT molecular complexity index is 107. The van der Waals surface area contributed by atoms with Gasteiger partial charge in [0.05, 0.1) is 0 Å². The van der Waals surface area contributed by atoms with Gasteiger partial charge in [0.2, 0.25) is 0 Å². The lowest BCUT2D eigenvalue weighted by molar-refractivity contribution is -0.124. The van der Waals surface area contributed by atoms with Crippen LogP contribution in [0.25, 0.3) is 0 Å². The maximum Gasteiger partial charge on any atom is 0.136 e. The minimum atomic E-state index is 0.514. The van der Waals surface area contributed by atoms with Crippen molar-refractivity contribution in [1.82, 2.24) is 0 Å². The van der Waals surface area contributed by atoms with Crippen LogP contribution in [0, 0.1) is 11.8 Å². The summed E-state index contributed by atoms with van der Waals surface area (Å²) in [6, 6.07) is 0. The number of Topliss-reactive ketones (excluding diaryl/α,β-unsaturated/α-hetero) is 1. The number of ketones is 1. The molecule has 0 aliphatic heterocycles. The van der Waals surface area contributed by atoms with Gasteiger partial charge >= 0.3 is 0 Å². The highest BCUT2D eigenvalue weighted by Crippen LogP contribution is 2.52. The van der Waals surface area contributed by atoms with Crippen LogP contribution in [0.15, 0.2) is 0 Å². The van der Waals surface area contributed by atoms with Gasteiger partial charge in [0.15, 0.2) is 0 Å².